The third-order valence-corrected chi connectivity index (χ3v) is 4.68. The lowest BCUT2D eigenvalue weighted by molar-refractivity contribution is -0.0439. The molecule has 1 heterocycles. The second kappa shape index (κ2) is 8.62. The average Bonchev–Trinajstić information content (AvgIpc) is 2.56. The fraction of sp³-hybridized carbons (Fsp3) is 0.600. The molecule has 1 fully saturated rings. The molecule has 1 saturated heterocycles. The van der Waals surface area contributed by atoms with E-state index in [1.807, 2.05) is 13.8 Å². The maximum Gasteiger partial charge on any atom is 0.0900 e. The summed E-state index contributed by atoms with van der Waals surface area (Å²) >= 11 is 0. The molecule has 0 amide bonds. The monoisotopic (exact) mass is 317 g/mol. The number of likely N-dealkylation sites (tertiary alicyclic amines) is 1. The van der Waals surface area contributed by atoms with E-state index in [0.717, 1.165) is 19.0 Å². The van der Waals surface area contributed by atoms with E-state index >= 15 is 0 Å². The second-order valence-corrected chi connectivity index (χ2v) is 7.21. The maximum atomic E-state index is 10.2. The van der Waals surface area contributed by atoms with Gasteiger partial charge in [0.1, 0.15) is 0 Å². The maximum absolute atomic E-state index is 10.2. The van der Waals surface area contributed by atoms with Crippen LogP contribution in [0.4, 0.5) is 0 Å². The van der Waals surface area contributed by atoms with Crippen molar-refractivity contribution in [3.8, 4) is 0 Å². The Morgan fingerprint density at radius 1 is 1.30 bits per heavy atom. The van der Waals surface area contributed by atoms with Crippen molar-refractivity contribution in [2.75, 3.05) is 26.2 Å². The van der Waals surface area contributed by atoms with Crippen molar-refractivity contribution in [3.63, 3.8) is 0 Å². The molecule has 0 unspecified atom stereocenters. The van der Waals surface area contributed by atoms with Crippen LogP contribution in [0.3, 0.4) is 0 Å². The van der Waals surface area contributed by atoms with Crippen LogP contribution in [-0.4, -0.2) is 48.0 Å². The third-order valence-electron chi connectivity index (χ3n) is 4.68. The molecule has 23 heavy (non-hydrogen) atoms. The van der Waals surface area contributed by atoms with Gasteiger partial charge in [0.2, 0.25) is 0 Å². The summed E-state index contributed by atoms with van der Waals surface area (Å²) in [5, 5.41) is 10.2. The Labute approximate surface area is 141 Å². The zero-order valence-corrected chi connectivity index (χ0v) is 14.6. The Hall–Kier alpha value is -1.16. The van der Waals surface area contributed by atoms with Crippen LogP contribution in [0.2, 0.25) is 0 Å². The summed E-state index contributed by atoms with van der Waals surface area (Å²) in [6.07, 6.45) is 4.93. The van der Waals surface area contributed by atoms with Gasteiger partial charge in [-0.25, -0.2) is 0 Å². The van der Waals surface area contributed by atoms with Crippen molar-refractivity contribution in [2.45, 2.75) is 44.8 Å². The number of benzene rings is 1. The first-order valence-electron chi connectivity index (χ1n) is 8.70. The highest BCUT2D eigenvalue weighted by atomic mass is 16.5. The second-order valence-electron chi connectivity index (χ2n) is 7.21. The molecule has 1 atom stereocenters. The number of nitrogens with zero attached hydrogens (tertiary/aromatic N) is 1. The molecule has 3 heteroatoms. The van der Waals surface area contributed by atoms with Gasteiger partial charge in [0.05, 0.1) is 18.3 Å². The topological polar surface area (TPSA) is 32.7 Å². The normalized spacial score (nSPS) is 18.7. The summed E-state index contributed by atoms with van der Waals surface area (Å²) in [5.41, 5.74) is 1.06. The fourth-order valence-electron chi connectivity index (χ4n) is 3.04. The lowest BCUT2D eigenvalue weighted by atomic mass is 9.90. The minimum absolute atomic E-state index is 0.364. The van der Waals surface area contributed by atoms with Gasteiger partial charge in [-0.05, 0) is 57.7 Å². The summed E-state index contributed by atoms with van der Waals surface area (Å²) in [4.78, 5) is 2.36. The van der Waals surface area contributed by atoms with Gasteiger partial charge in [0.25, 0.3) is 0 Å². The fourth-order valence-corrected chi connectivity index (χ4v) is 3.04. The van der Waals surface area contributed by atoms with Gasteiger partial charge in [-0.2, -0.15) is 0 Å². The van der Waals surface area contributed by atoms with Crippen LogP contribution in [0.5, 0.6) is 0 Å². The van der Waals surface area contributed by atoms with Gasteiger partial charge in [-0.15, -0.1) is 6.58 Å². The molecular weight excluding hydrogens is 286 g/mol. The van der Waals surface area contributed by atoms with E-state index < -0.39 is 6.10 Å². The molecular formula is C20H31NO2. The van der Waals surface area contributed by atoms with Crippen molar-refractivity contribution in [2.24, 2.45) is 5.92 Å². The van der Waals surface area contributed by atoms with Crippen molar-refractivity contribution >= 4 is 0 Å². The van der Waals surface area contributed by atoms with Crippen molar-refractivity contribution in [3.05, 3.63) is 48.6 Å². The number of rotatable bonds is 8. The number of hydrogen-bond donors (Lipinski definition) is 1. The summed E-state index contributed by atoms with van der Waals surface area (Å²) in [6, 6.07) is 10.7. The number of β-amino-alcohol motifs (C(OH)–C–C–N with tert-alkyl or cyclic N) is 1. The minimum Gasteiger partial charge on any atom is -0.389 e. The van der Waals surface area contributed by atoms with Gasteiger partial charge < -0.3 is 14.7 Å². The lowest BCUT2D eigenvalue weighted by Crippen LogP contribution is -2.41. The first-order valence-corrected chi connectivity index (χ1v) is 8.70. The number of piperidine rings is 1. The van der Waals surface area contributed by atoms with Crippen molar-refractivity contribution in [1.82, 2.24) is 4.90 Å². The van der Waals surface area contributed by atoms with Crippen molar-refractivity contribution < 1.29 is 9.84 Å². The molecule has 0 saturated carbocycles. The molecule has 1 N–H and O–H groups in total. The summed E-state index contributed by atoms with van der Waals surface area (Å²) in [5.74, 6) is 0.766. The number of aliphatic hydroxyl groups excluding tert-OH is 1. The number of ether oxygens (including phenoxy) is 1. The molecule has 0 radical (unpaired) electrons. The van der Waals surface area contributed by atoms with Crippen LogP contribution in [-0.2, 0) is 11.2 Å². The first-order chi connectivity index (χ1) is 11.0. The number of aliphatic hydroxyl groups is 1. The third kappa shape index (κ3) is 6.46. The highest BCUT2D eigenvalue weighted by molar-refractivity contribution is 5.15. The Balaban J connectivity index is 1.67. The molecule has 1 aliphatic heterocycles. The molecule has 2 rings (SSSR count). The van der Waals surface area contributed by atoms with E-state index in [0.29, 0.717) is 13.2 Å². The van der Waals surface area contributed by atoms with E-state index in [4.69, 9.17) is 4.74 Å². The van der Waals surface area contributed by atoms with Crippen LogP contribution in [0.25, 0.3) is 0 Å². The van der Waals surface area contributed by atoms with E-state index in [-0.39, 0.29) is 5.60 Å². The smallest absolute Gasteiger partial charge is 0.0900 e. The molecule has 128 valence electrons. The van der Waals surface area contributed by atoms with E-state index in [1.54, 1.807) is 6.08 Å². The van der Waals surface area contributed by atoms with Gasteiger partial charge in [-0.1, -0.05) is 36.4 Å². The quantitative estimate of drug-likeness (QED) is 0.747. The molecule has 0 spiro atoms. The summed E-state index contributed by atoms with van der Waals surface area (Å²) < 4.78 is 5.69. The average molecular weight is 317 g/mol. The SMILES string of the molecule is C=CC(C)(C)OC[C@H](O)CN1CCC(Cc2ccccc2)CC1. The molecule has 0 aromatic heterocycles. The van der Waals surface area contributed by atoms with Gasteiger partial charge in [-0.3, -0.25) is 0 Å². The Kier molecular flexibility index (Phi) is 6.82. The molecule has 1 aromatic rings. The molecule has 0 bridgehead atoms. The minimum atomic E-state index is -0.431. The van der Waals surface area contributed by atoms with E-state index in [2.05, 4.69) is 41.8 Å². The van der Waals surface area contributed by atoms with E-state index in [9.17, 15) is 5.11 Å². The van der Waals surface area contributed by atoms with Gasteiger partial charge >= 0.3 is 0 Å². The Morgan fingerprint density at radius 3 is 2.57 bits per heavy atom. The van der Waals surface area contributed by atoms with Crippen LogP contribution in [0.15, 0.2) is 43.0 Å². The molecule has 0 aliphatic carbocycles. The highest BCUT2D eigenvalue weighted by Crippen LogP contribution is 2.22. The van der Waals surface area contributed by atoms with Crippen LogP contribution in [0.1, 0.15) is 32.3 Å². The van der Waals surface area contributed by atoms with Crippen LogP contribution >= 0.6 is 0 Å². The summed E-state index contributed by atoms with van der Waals surface area (Å²) in [7, 11) is 0. The molecule has 1 aliphatic rings. The number of hydrogen-bond acceptors (Lipinski definition) is 3. The predicted octanol–water partition coefficient (Wildman–Crippen LogP) is 3.28. The highest BCUT2D eigenvalue weighted by Gasteiger charge is 2.22. The molecule has 1 aromatic carbocycles. The van der Waals surface area contributed by atoms with Crippen LogP contribution in [0, 0.1) is 5.92 Å². The van der Waals surface area contributed by atoms with E-state index in [1.165, 1.54) is 24.8 Å². The Bertz CT molecular complexity index is 464. The summed E-state index contributed by atoms with van der Waals surface area (Å²) in [6.45, 7) is 10.9. The first kappa shape index (κ1) is 18.2. The van der Waals surface area contributed by atoms with Crippen LogP contribution < -0.4 is 0 Å². The standard InChI is InChI=1S/C20H31NO2/c1-4-20(2,3)23-16-19(22)15-21-12-10-18(11-13-21)14-17-8-6-5-7-9-17/h4-9,18-19,22H,1,10-16H2,2-3H3/t19-/m1/s1. The zero-order chi connectivity index (χ0) is 16.7. The Morgan fingerprint density at radius 2 is 1.96 bits per heavy atom. The largest absolute Gasteiger partial charge is 0.389 e. The lowest BCUT2D eigenvalue weighted by Gasteiger charge is -2.33. The van der Waals surface area contributed by atoms with Gasteiger partial charge in [0.15, 0.2) is 0 Å². The predicted molar refractivity (Wildman–Crippen MR) is 95.5 cm³/mol. The zero-order valence-electron chi connectivity index (χ0n) is 14.6. The van der Waals surface area contributed by atoms with Crippen molar-refractivity contribution in [1.29, 1.82) is 0 Å². The molecule has 3 nitrogen and oxygen atoms in total. The van der Waals surface area contributed by atoms with Gasteiger partial charge in [0, 0.05) is 6.54 Å².